The van der Waals surface area contributed by atoms with Crippen molar-refractivity contribution >= 4 is 29.4 Å². The van der Waals surface area contributed by atoms with Crippen molar-refractivity contribution in [3.8, 4) is 0 Å². The summed E-state index contributed by atoms with van der Waals surface area (Å²) in [4.78, 5) is 37.3. The molecule has 0 atom stereocenters. The van der Waals surface area contributed by atoms with Crippen LogP contribution in [0.15, 0.2) is 30.0 Å². The van der Waals surface area contributed by atoms with E-state index in [2.05, 4.69) is 5.32 Å². The van der Waals surface area contributed by atoms with Gasteiger partial charge in [0.25, 0.3) is 5.79 Å². The van der Waals surface area contributed by atoms with Gasteiger partial charge < -0.3 is 19.5 Å². The Labute approximate surface area is 150 Å². The molecule has 1 saturated heterocycles. The van der Waals surface area contributed by atoms with Crippen molar-refractivity contribution in [3.05, 3.63) is 35.5 Å². The summed E-state index contributed by atoms with van der Waals surface area (Å²) in [6, 6.07) is 5.42. The van der Waals surface area contributed by atoms with Crippen LogP contribution in [0, 0.1) is 0 Å². The lowest BCUT2D eigenvalue weighted by atomic mass is 10.0. The van der Waals surface area contributed by atoms with Crippen LogP contribution in [0.3, 0.4) is 0 Å². The number of hydrogen-bond donors (Lipinski definition) is 1. The van der Waals surface area contributed by atoms with Crippen LogP contribution in [0.4, 0.5) is 16.2 Å². The van der Waals surface area contributed by atoms with Gasteiger partial charge in [-0.25, -0.2) is 14.4 Å². The first-order valence-electron chi connectivity index (χ1n) is 8.22. The minimum absolute atomic E-state index is 0.210. The molecule has 0 bridgehead atoms. The topological polar surface area (TPSA) is 94.2 Å². The van der Waals surface area contributed by atoms with Gasteiger partial charge in [-0.15, -0.1) is 0 Å². The molecule has 1 aromatic carbocycles. The molecule has 8 heteroatoms. The molecule has 0 radical (unpaired) electrons. The van der Waals surface area contributed by atoms with E-state index in [1.54, 1.807) is 17.0 Å². The van der Waals surface area contributed by atoms with Crippen LogP contribution >= 0.6 is 0 Å². The van der Waals surface area contributed by atoms with Gasteiger partial charge in [-0.3, -0.25) is 4.90 Å². The van der Waals surface area contributed by atoms with Crippen molar-refractivity contribution in [2.45, 2.75) is 32.5 Å². The zero-order chi connectivity index (χ0) is 18.9. The molecule has 138 valence electrons. The van der Waals surface area contributed by atoms with Crippen LogP contribution in [0.5, 0.6) is 0 Å². The van der Waals surface area contributed by atoms with Crippen molar-refractivity contribution in [2.24, 2.45) is 0 Å². The second-order valence-corrected chi connectivity index (χ2v) is 6.45. The first kappa shape index (κ1) is 17.8. The highest BCUT2D eigenvalue weighted by molar-refractivity contribution is 6.15. The number of amides is 1. The zero-order valence-electron chi connectivity index (χ0n) is 14.8. The van der Waals surface area contributed by atoms with Gasteiger partial charge in [-0.05, 0) is 36.6 Å². The second kappa shape index (κ2) is 6.70. The van der Waals surface area contributed by atoms with E-state index >= 15 is 0 Å². The Hall–Kier alpha value is -3.03. The summed E-state index contributed by atoms with van der Waals surface area (Å²) in [5, 5.41) is 2.91. The van der Waals surface area contributed by atoms with Crippen molar-refractivity contribution in [1.82, 2.24) is 0 Å². The number of hydrogen-bond acceptors (Lipinski definition) is 7. The van der Waals surface area contributed by atoms with E-state index < -0.39 is 23.8 Å². The van der Waals surface area contributed by atoms with Gasteiger partial charge in [0, 0.05) is 32.3 Å². The lowest BCUT2D eigenvalue weighted by Gasteiger charge is -2.30. The molecule has 26 heavy (non-hydrogen) atoms. The van der Waals surface area contributed by atoms with E-state index in [9.17, 15) is 14.4 Å². The van der Waals surface area contributed by atoms with E-state index in [4.69, 9.17) is 14.2 Å². The Balaban J connectivity index is 1.79. The number of benzene rings is 1. The summed E-state index contributed by atoms with van der Waals surface area (Å²) >= 11 is 0. The summed E-state index contributed by atoms with van der Waals surface area (Å²) in [5.41, 5.74) is 2.23. The Morgan fingerprint density at radius 2 is 1.96 bits per heavy atom. The SMILES string of the molecule is COC(=O)N1CCCc2cc(NC=C3C(=O)OC(C)(C)OC3=O)ccc21. The molecule has 0 unspecified atom stereocenters. The fourth-order valence-corrected chi connectivity index (χ4v) is 2.92. The first-order chi connectivity index (χ1) is 12.3. The number of nitrogens with one attached hydrogen (secondary N) is 1. The minimum Gasteiger partial charge on any atom is -0.452 e. The number of rotatable bonds is 2. The summed E-state index contributed by atoms with van der Waals surface area (Å²) < 4.78 is 14.9. The smallest absolute Gasteiger partial charge is 0.414 e. The molecule has 2 heterocycles. The van der Waals surface area contributed by atoms with Gasteiger partial charge in [0.15, 0.2) is 5.57 Å². The molecule has 0 spiro atoms. The third kappa shape index (κ3) is 3.49. The van der Waals surface area contributed by atoms with Crippen LogP contribution in [0.1, 0.15) is 25.8 Å². The van der Waals surface area contributed by atoms with Gasteiger partial charge in [-0.2, -0.15) is 0 Å². The molecule has 1 amide bonds. The van der Waals surface area contributed by atoms with Crippen molar-refractivity contribution in [3.63, 3.8) is 0 Å². The number of methoxy groups -OCH3 is 1. The molecule has 2 aliphatic rings. The fourth-order valence-electron chi connectivity index (χ4n) is 2.92. The molecule has 8 nitrogen and oxygen atoms in total. The third-order valence-corrected chi connectivity index (χ3v) is 4.09. The largest absolute Gasteiger partial charge is 0.452 e. The highest BCUT2D eigenvalue weighted by atomic mass is 16.7. The maximum atomic E-state index is 11.9. The van der Waals surface area contributed by atoms with Crippen LogP contribution in [0.25, 0.3) is 0 Å². The van der Waals surface area contributed by atoms with Crippen LogP contribution in [-0.4, -0.2) is 37.5 Å². The molecule has 1 N–H and O–H groups in total. The zero-order valence-corrected chi connectivity index (χ0v) is 14.8. The molecule has 0 saturated carbocycles. The summed E-state index contributed by atoms with van der Waals surface area (Å²) in [7, 11) is 1.35. The molecule has 3 rings (SSSR count). The Morgan fingerprint density at radius 1 is 1.27 bits per heavy atom. The minimum atomic E-state index is -1.27. The standard InChI is InChI=1S/C18H20N2O6/c1-18(2)25-15(21)13(16(22)26-18)10-19-12-6-7-14-11(9-12)5-4-8-20(14)17(23)24-3/h6-7,9-10,19H,4-5,8H2,1-3H3. The normalized spacial score (nSPS) is 18.4. The molecular weight excluding hydrogens is 340 g/mol. The third-order valence-electron chi connectivity index (χ3n) is 4.09. The highest BCUT2D eigenvalue weighted by Crippen LogP contribution is 2.30. The van der Waals surface area contributed by atoms with E-state index in [1.807, 2.05) is 6.07 Å². The Morgan fingerprint density at radius 3 is 2.62 bits per heavy atom. The number of aryl methyl sites for hydroxylation is 1. The highest BCUT2D eigenvalue weighted by Gasteiger charge is 2.39. The van der Waals surface area contributed by atoms with Gasteiger partial charge in [0.05, 0.1) is 12.8 Å². The maximum Gasteiger partial charge on any atom is 0.414 e. The second-order valence-electron chi connectivity index (χ2n) is 6.45. The predicted octanol–water partition coefficient (Wildman–Crippen LogP) is 2.34. The van der Waals surface area contributed by atoms with E-state index in [1.165, 1.54) is 27.2 Å². The molecular formula is C18H20N2O6. The maximum absolute atomic E-state index is 11.9. The molecule has 0 aromatic heterocycles. The number of nitrogens with zero attached hydrogens (tertiary/aromatic N) is 1. The van der Waals surface area contributed by atoms with Gasteiger partial charge in [0.2, 0.25) is 0 Å². The van der Waals surface area contributed by atoms with Crippen LogP contribution in [-0.2, 0) is 30.2 Å². The summed E-state index contributed by atoms with van der Waals surface area (Å²) in [5.74, 6) is -2.75. The van der Waals surface area contributed by atoms with Crippen LogP contribution < -0.4 is 10.2 Å². The molecule has 1 fully saturated rings. The van der Waals surface area contributed by atoms with E-state index in [0.717, 1.165) is 24.1 Å². The molecule has 0 aliphatic carbocycles. The fraction of sp³-hybridized carbons (Fsp3) is 0.389. The number of ether oxygens (including phenoxy) is 3. The Kier molecular flexibility index (Phi) is 4.58. The number of esters is 2. The summed E-state index contributed by atoms with van der Waals surface area (Å²) in [6.45, 7) is 3.58. The predicted molar refractivity (Wildman–Crippen MR) is 92.5 cm³/mol. The number of carbonyl (C=O) groups is 3. The number of carbonyl (C=O) groups excluding carboxylic acids is 3. The summed E-state index contributed by atoms with van der Waals surface area (Å²) in [6.07, 6.45) is 2.50. The number of cyclic esters (lactones) is 2. The van der Waals surface area contributed by atoms with Crippen molar-refractivity contribution < 1.29 is 28.6 Å². The molecule has 2 aliphatic heterocycles. The monoisotopic (exact) mass is 360 g/mol. The number of anilines is 2. The lowest BCUT2D eigenvalue weighted by Crippen LogP contribution is -2.42. The van der Waals surface area contributed by atoms with Crippen molar-refractivity contribution in [2.75, 3.05) is 23.9 Å². The van der Waals surface area contributed by atoms with Gasteiger partial charge >= 0.3 is 18.0 Å². The average molecular weight is 360 g/mol. The van der Waals surface area contributed by atoms with Crippen molar-refractivity contribution in [1.29, 1.82) is 0 Å². The average Bonchev–Trinajstić information content (AvgIpc) is 2.58. The van der Waals surface area contributed by atoms with E-state index in [-0.39, 0.29) is 5.57 Å². The number of fused-ring (bicyclic) bond motifs is 1. The van der Waals surface area contributed by atoms with Gasteiger partial charge in [0.1, 0.15) is 0 Å². The lowest BCUT2D eigenvalue weighted by molar-refractivity contribution is -0.222. The van der Waals surface area contributed by atoms with E-state index in [0.29, 0.717) is 12.2 Å². The van der Waals surface area contributed by atoms with Crippen LogP contribution in [0.2, 0.25) is 0 Å². The first-order valence-corrected chi connectivity index (χ1v) is 8.22. The Bertz CT molecular complexity index is 777. The molecule has 1 aromatic rings. The quantitative estimate of drug-likeness (QED) is 0.491. The van der Waals surface area contributed by atoms with Gasteiger partial charge in [-0.1, -0.05) is 0 Å².